The number of nitro benzene ring substituents is 1. The number of carbonyl (C=O) groups is 1. The first-order valence-corrected chi connectivity index (χ1v) is 6.87. The van der Waals surface area contributed by atoms with Gasteiger partial charge in [0, 0.05) is 24.1 Å². The number of fused-ring (bicyclic) bond motifs is 1. The van der Waals surface area contributed by atoms with Crippen molar-refractivity contribution in [2.24, 2.45) is 0 Å². The summed E-state index contributed by atoms with van der Waals surface area (Å²) in [5, 5.41) is 10.7. The van der Waals surface area contributed by atoms with E-state index >= 15 is 0 Å². The van der Waals surface area contributed by atoms with Crippen LogP contribution >= 0.6 is 0 Å². The highest BCUT2D eigenvalue weighted by Gasteiger charge is 2.20. The smallest absolute Gasteiger partial charge is 0.269 e. The van der Waals surface area contributed by atoms with Crippen LogP contribution in [0.15, 0.2) is 54.1 Å². The Kier molecular flexibility index (Phi) is 3.70. The largest absolute Gasteiger partial charge is 0.492 e. The van der Waals surface area contributed by atoms with E-state index in [0.29, 0.717) is 29.9 Å². The molecule has 0 atom stereocenters. The van der Waals surface area contributed by atoms with Gasteiger partial charge in [-0.2, -0.15) is 0 Å². The first kappa shape index (κ1) is 14.0. The predicted octanol–water partition coefficient (Wildman–Crippen LogP) is 3.64. The molecular weight excluding hydrogens is 282 g/mol. The summed E-state index contributed by atoms with van der Waals surface area (Å²) in [7, 11) is 0. The summed E-state index contributed by atoms with van der Waals surface area (Å²) in [5.74, 6) is 0.533. The third-order valence-corrected chi connectivity index (χ3v) is 3.50. The van der Waals surface area contributed by atoms with E-state index in [2.05, 4.69) is 0 Å². The summed E-state index contributed by atoms with van der Waals surface area (Å²) < 4.78 is 5.59. The van der Waals surface area contributed by atoms with E-state index in [-0.39, 0.29) is 11.5 Å². The van der Waals surface area contributed by atoms with Crippen LogP contribution in [0.3, 0.4) is 0 Å². The Labute approximate surface area is 127 Å². The van der Waals surface area contributed by atoms with Crippen LogP contribution in [0.25, 0.3) is 6.08 Å². The van der Waals surface area contributed by atoms with Gasteiger partial charge in [-0.05, 0) is 35.9 Å². The van der Waals surface area contributed by atoms with Crippen LogP contribution in [0, 0.1) is 10.1 Å². The van der Waals surface area contributed by atoms with Crippen molar-refractivity contribution in [2.45, 2.75) is 6.42 Å². The van der Waals surface area contributed by atoms with E-state index < -0.39 is 4.92 Å². The van der Waals surface area contributed by atoms with Gasteiger partial charge in [-0.1, -0.05) is 12.1 Å². The van der Waals surface area contributed by atoms with Gasteiger partial charge in [0.2, 0.25) is 0 Å². The Balaban J connectivity index is 1.94. The highest BCUT2D eigenvalue weighted by Crippen LogP contribution is 2.27. The summed E-state index contributed by atoms with van der Waals surface area (Å²) in [5.41, 5.74) is 1.98. The standard InChI is InChI=1S/C17H13NO4/c19-17-13(9-10-22-16-4-2-1-3-15(16)17)11-12-5-7-14(8-6-12)18(20)21/h1-8,11H,9-10H2/b13-11+. The SMILES string of the molecule is O=C1/C(=C/c2ccc([N+](=O)[O-])cc2)CCOc2ccccc21. The van der Waals surface area contributed by atoms with Gasteiger partial charge in [0.15, 0.2) is 5.78 Å². The second-order valence-electron chi connectivity index (χ2n) is 4.94. The van der Waals surface area contributed by atoms with Crippen LogP contribution < -0.4 is 4.74 Å². The van der Waals surface area contributed by atoms with Crippen molar-refractivity contribution in [3.8, 4) is 5.75 Å². The van der Waals surface area contributed by atoms with Crippen molar-refractivity contribution in [1.29, 1.82) is 0 Å². The number of Topliss-reactive ketones (excluding diaryl/α,β-unsaturated/α-hetero) is 1. The lowest BCUT2D eigenvalue weighted by Gasteiger charge is -2.04. The highest BCUT2D eigenvalue weighted by molar-refractivity contribution is 6.13. The molecule has 1 aliphatic heterocycles. The van der Waals surface area contributed by atoms with E-state index in [9.17, 15) is 14.9 Å². The van der Waals surface area contributed by atoms with Crippen LogP contribution in [0.1, 0.15) is 22.3 Å². The molecule has 2 aromatic carbocycles. The first-order chi connectivity index (χ1) is 10.6. The molecule has 0 saturated carbocycles. The number of rotatable bonds is 2. The fourth-order valence-electron chi connectivity index (χ4n) is 2.37. The van der Waals surface area contributed by atoms with Crippen molar-refractivity contribution in [1.82, 2.24) is 0 Å². The maximum Gasteiger partial charge on any atom is 0.269 e. The number of carbonyl (C=O) groups excluding carboxylic acids is 1. The zero-order valence-corrected chi connectivity index (χ0v) is 11.7. The zero-order chi connectivity index (χ0) is 15.5. The Morgan fingerprint density at radius 3 is 2.55 bits per heavy atom. The number of nitro groups is 1. The average molecular weight is 295 g/mol. The Morgan fingerprint density at radius 2 is 1.82 bits per heavy atom. The average Bonchev–Trinajstić information content (AvgIpc) is 2.68. The first-order valence-electron chi connectivity index (χ1n) is 6.87. The monoisotopic (exact) mass is 295 g/mol. The van der Waals surface area contributed by atoms with Crippen molar-refractivity contribution in [3.63, 3.8) is 0 Å². The minimum atomic E-state index is -0.447. The lowest BCUT2D eigenvalue weighted by Crippen LogP contribution is -2.02. The molecule has 0 aromatic heterocycles. The number of hydrogen-bond acceptors (Lipinski definition) is 4. The van der Waals surface area contributed by atoms with Crippen LogP contribution in [-0.4, -0.2) is 17.3 Å². The molecule has 0 unspecified atom stereocenters. The maximum absolute atomic E-state index is 12.6. The Bertz CT molecular complexity index is 762. The molecule has 2 aromatic rings. The highest BCUT2D eigenvalue weighted by atomic mass is 16.6. The quantitative estimate of drug-likeness (QED) is 0.482. The number of benzene rings is 2. The molecular formula is C17H13NO4. The molecule has 5 nitrogen and oxygen atoms in total. The van der Waals surface area contributed by atoms with E-state index in [4.69, 9.17) is 4.74 Å². The zero-order valence-electron chi connectivity index (χ0n) is 11.7. The fourth-order valence-corrected chi connectivity index (χ4v) is 2.37. The van der Waals surface area contributed by atoms with Gasteiger partial charge in [0.25, 0.3) is 5.69 Å². The molecule has 0 amide bonds. The molecule has 0 saturated heterocycles. The van der Waals surface area contributed by atoms with E-state index in [1.807, 2.05) is 6.07 Å². The molecule has 5 heteroatoms. The second kappa shape index (κ2) is 5.81. The number of para-hydroxylation sites is 1. The van der Waals surface area contributed by atoms with Gasteiger partial charge in [-0.15, -0.1) is 0 Å². The predicted molar refractivity (Wildman–Crippen MR) is 82.0 cm³/mol. The van der Waals surface area contributed by atoms with Gasteiger partial charge in [0.1, 0.15) is 5.75 Å². The van der Waals surface area contributed by atoms with Crippen LogP contribution in [0.4, 0.5) is 5.69 Å². The number of ketones is 1. The summed E-state index contributed by atoms with van der Waals surface area (Å²) in [6.45, 7) is 0.432. The van der Waals surface area contributed by atoms with Crippen molar-refractivity contribution in [3.05, 3.63) is 75.3 Å². The molecule has 1 heterocycles. The van der Waals surface area contributed by atoms with Gasteiger partial charge in [-0.25, -0.2) is 0 Å². The molecule has 0 aliphatic carbocycles. The lowest BCUT2D eigenvalue weighted by molar-refractivity contribution is -0.384. The number of nitrogens with zero attached hydrogens (tertiary/aromatic N) is 1. The second-order valence-corrected chi connectivity index (χ2v) is 4.94. The lowest BCUT2D eigenvalue weighted by atomic mass is 9.99. The molecule has 22 heavy (non-hydrogen) atoms. The Hall–Kier alpha value is -2.95. The normalized spacial score (nSPS) is 15.8. The molecule has 0 fully saturated rings. The summed E-state index contributed by atoms with van der Waals surface area (Å²) in [4.78, 5) is 22.8. The third kappa shape index (κ3) is 2.74. The van der Waals surface area contributed by atoms with Gasteiger partial charge >= 0.3 is 0 Å². The minimum Gasteiger partial charge on any atom is -0.492 e. The molecule has 0 spiro atoms. The molecule has 110 valence electrons. The van der Waals surface area contributed by atoms with E-state index in [1.54, 1.807) is 36.4 Å². The summed E-state index contributed by atoms with van der Waals surface area (Å²) in [6, 6.07) is 13.3. The van der Waals surface area contributed by atoms with Crippen LogP contribution in [0.5, 0.6) is 5.75 Å². The van der Waals surface area contributed by atoms with Crippen molar-refractivity contribution in [2.75, 3.05) is 6.61 Å². The van der Waals surface area contributed by atoms with Gasteiger partial charge < -0.3 is 4.74 Å². The third-order valence-electron chi connectivity index (χ3n) is 3.50. The van der Waals surface area contributed by atoms with Crippen LogP contribution in [0.2, 0.25) is 0 Å². The number of ether oxygens (including phenoxy) is 1. The van der Waals surface area contributed by atoms with Crippen molar-refractivity contribution < 1.29 is 14.5 Å². The van der Waals surface area contributed by atoms with Gasteiger partial charge in [0.05, 0.1) is 17.1 Å². The summed E-state index contributed by atoms with van der Waals surface area (Å²) >= 11 is 0. The van der Waals surface area contributed by atoms with Gasteiger partial charge in [-0.3, -0.25) is 14.9 Å². The number of hydrogen-bond donors (Lipinski definition) is 0. The molecule has 0 radical (unpaired) electrons. The topological polar surface area (TPSA) is 69.4 Å². The Morgan fingerprint density at radius 1 is 1.09 bits per heavy atom. The maximum atomic E-state index is 12.6. The minimum absolute atomic E-state index is 0.0306. The molecule has 1 aliphatic rings. The van der Waals surface area contributed by atoms with Crippen molar-refractivity contribution >= 4 is 17.5 Å². The molecule has 0 N–H and O–H groups in total. The number of non-ortho nitro benzene ring substituents is 1. The fraction of sp³-hybridized carbons (Fsp3) is 0.118. The molecule has 0 bridgehead atoms. The van der Waals surface area contributed by atoms with Crippen LogP contribution in [-0.2, 0) is 0 Å². The van der Waals surface area contributed by atoms with E-state index in [0.717, 1.165) is 5.56 Å². The summed E-state index contributed by atoms with van der Waals surface area (Å²) in [6.07, 6.45) is 2.27. The van der Waals surface area contributed by atoms with E-state index in [1.165, 1.54) is 12.1 Å². The molecule has 3 rings (SSSR count).